The van der Waals surface area contributed by atoms with E-state index in [1.165, 1.54) is 0 Å². The van der Waals surface area contributed by atoms with Crippen LogP contribution in [0.5, 0.6) is 0 Å². The van der Waals surface area contributed by atoms with Crippen molar-refractivity contribution >= 4 is 5.97 Å². The molecule has 2 N–H and O–H groups in total. The van der Waals surface area contributed by atoms with Crippen LogP contribution in [-0.2, 0) is 4.79 Å². The second-order valence-electron chi connectivity index (χ2n) is 4.76. The van der Waals surface area contributed by atoms with E-state index in [4.69, 9.17) is 5.11 Å². The van der Waals surface area contributed by atoms with Crippen LogP contribution in [0.25, 0.3) is 0 Å². The molecule has 0 bridgehead atoms. The molecule has 2 unspecified atom stereocenters. The Kier molecular flexibility index (Phi) is 7.39. The second-order valence-corrected chi connectivity index (χ2v) is 4.76. The van der Waals surface area contributed by atoms with Crippen molar-refractivity contribution in [1.82, 2.24) is 5.32 Å². The zero-order valence-corrected chi connectivity index (χ0v) is 10.4. The number of aliphatic carboxylic acids is 1. The van der Waals surface area contributed by atoms with Gasteiger partial charge in [0, 0.05) is 12.6 Å². The van der Waals surface area contributed by atoms with Crippen LogP contribution >= 0.6 is 0 Å². The summed E-state index contributed by atoms with van der Waals surface area (Å²) in [4.78, 5) is 11.0. The fourth-order valence-corrected chi connectivity index (χ4v) is 1.72. The van der Waals surface area contributed by atoms with E-state index in [0.29, 0.717) is 18.5 Å². The summed E-state index contributed by atoms with van der Waals surface area (Å²) < 4.78 is 0. The Labute approximate surface area is 93.3 Å². The third-order valence-corrected chi connectivity index (χ3v) is 2.54. The standard InChI is InChI=1S/C12H25NO2/c1-5-6-10(4)13-8-11(12(14)15)7-9(2)3/h9-11,13H,5-8H2,1-4H3,(H,14,15). The van der Waals surface area contributed by atoms with Crippen LogP contribution < -0.4 is 5.32 Å². The maximum Gasteiger partial charge on any atom is 0.307 e. The van der Waals surface area contributed by atoms with E-state index in [-0.39, 0.29) is 5.92 Å². The van der Waals surface area contributed by atoms with Crippen LogP contribution in [0, 0.1) is 11.8 Å². The predicted octanol–water partition coefficient (Wildman–Crippen LogP) is 2.51. The summed E-state index contributed by atoms with van der Waals surface area (Å²) >= 11 is 0. The van der Waals surface area contributed by atoms with Crippen LogP contribution in [0.3, 0.4) is 0 Å². The summed E-state index contributed by atoms with van der Waals surface area (Å²) in [6.07, 6.45) is 2.99. The van der Waals surface area contributed by atoms with Crippen molar-refractivity contribution in [3.63, 3.8) is 0 Å². The molecule has 0 aliphatic heterocycles. The van der Waals surface area contributed by atoms with Crippen molar-refractivity contribution in [2.24, 2.45) is 11.8 Å². The van der Waals surface area contributed by atoms with Gasteiger partial charge in [0.2, 0.25) is 0 Å². The molecule has 0 fully saturated rings. The number of nitrogens with one attached hydrogen (secondary N) is 1. The first kappa shape index (κ1) is 14.4. The molecule has 0 rings (SSSR count). The van der Waals surface area contributed by atoms with Gasteiger partial charge in [-0.15, -0.1) is 0 Å². The molecule has 0 aliphatic rings. The minimum absolute atomic E-state index is 0.246. The zero-order valence-electron chi connectivity index (χ0n) is 10.4. The van der Waals surface area contributed by atoms with Gasteiger partial charge in [-0.3, -0.25) is 4.79 Å². The van der Waals surface area contributed by atoms with E-state index in [2.05, 4.69) is 33.0 Å². The van der Waals surface area contributed by atoms with Gasteiger partial charge in [0.1, 0.15) is 0 Å². The number of hydrogen-bond donors (Lipinski definition) is 2. The van der Waals surface area contributed by atoms with Crippen molar-refractivity contribution < 1.29 is 9.90 Å². The zero-order chi connectivity index (χ0) is 11.8. The molecule has 0 saturated carbocycles. The third-order valence-electron chi connectivity index (χ3n) is 2.54. The second kappa shape index (κ2) is 7.69. The molecule has 0 spiro atoms. The topological polar surface area (TPSA) is 49.3 Å². The maximum absolute atomic E-state index is 11.0. The first-order chi connectivity index (χ1) is 6.97. The molecular formula is C12H25NO2. The highest BCUT2D eigenvalue weighted by Gasteiger charge is 2.18. The lowest BCUT2D eigenvalue weighted by atomic mass is 9.97. The molecule has 0 radical (unpaired) electrons. The third kappa shape index (κ3) is 7.37. The number of rotatable bonds is 8. The maximum atomic E-state index is 11.0. The number of hydrogen-bond acceptors (Lipinski definition) is 2. The molecule has 15 heavy (non-hydrogen) atoms. The van der Waals surface area contributed by atoms with E-state index in [0.717, 1.165) is 19.3 Å². The molecule has 0 heterocycles. The highest BCUT2D eigenvalue weighted by atomic mass is 16.4. The van der Waals surface area contributed by atoms with Gasteiger partial charge in [-0.1, -0.05) is 27.2 Å². The summed E-state index contributed by atoms with van der Waals surface area (Å²) in [5.74, 6) is -0.487. The predicted molar refractivity (Wildman–Crippen MR) is 63.0 cm³/mol. The Morgan fingerprint density at radius 1 is 1.33 bits per heavy atom. The Hall–Kier alpha value is -0.570. The van der Waals surface area contributed by atoms with Crippen molar-refractivity contribution in [3.8, 4) is 0 Å². The lowest BCUT2D eigenvalue weighted by Crippen LogP contribution is -2.34. The normalized spacial score (nSPS) is 15.3. The molecule has 0 saturated heterocycles. The van der Waals surface area contributed by atoms with Gasteiger partial charge < -0.3 is 10.4 Å². The van der Waals surface area contributed by atoms with Gasteiger partial charge in [-0.25, -0.2) is 0 Å². The summed E-state index contributed by atoms with van der Waals surface area (Å²) in [5, 5.41) is 12.3. The van der Waals surface area contributed by atoms with Crippen LogP contribution in [0.2, 0.25) is 0 Å². The van der Waals surface area contributed by atoms with E-state index >= 15 is 0 Å². The van der Waals surface area contributed by atoms with Crippen molar-refractivity contribution in [1.29, 1.82) is 0 Å². The molecule has 0 aromatic carbocycles. The van der Waals surface area contributed by atoms with Crippen LogP contribution in [0.4, 0.5) is 0 Å². The van der Waals surface area contributed by atoms with Crippen LogP contribution in [0.15, 0.2) is 0 Å². The molecule has 3 heteroatoms. The average Bonchev–Trinajstić information content (AvgIpc) is 2.11. The van der Waals surface area contributed by atoms with Gasteiger partial charge >= 0.3 is 5.97 Å². The summed E-state index contributed by atoms with van der Waals surface area (Å²) in [5.41, 5.74) is 0. The van der Waals surface area contributed by atoms with Gasteiger partial charge in [0.15, 0.2) is 0 Å². The quantitative estimate of drug-likeness (QED) is 0.654. The summed E-state index contributed by atoms with van der Waals surface area (Å²) in [7, 11) is 0. The highest BCUT2D eigenvalue weighted by Crippen LogP contribution is 2.11. The Bertz CT molecular complexity index is 180. The van der Waals surface area contributed by atoms with E-state index in [1.54, 1.807) is 0 Å². The van der Waals surface area contributed by atoms with Gasteiger partial charge in [0.05, 0.1) is 5.92 Å². The van der Waals surface area contributed by atoms with Crippen molar-refractivity contribution in [2.75, 3.05) is 6.54 Å². The smallest absolute Gasteiger partial charge is 0.307 e. The van der Waals surface area contributed by atoms with E-state index < -0.39 is 5.97 Å². The Morgan fingerprint density at radius 2 is 1.93 bits per heavy atom. The minimum Gasteiger partial charge on any atom is -0.481 e. The molecule has 0 aromatic rings. The summed E-state index contributed by atoms with van der Waals surface area (Å²) in [6.45, 7) is 8.96. The molecule has 90 valence electrons. The first-order valence-electron chi connectivity index (χ1n) is 5.93. The SMILES string of the molecule is CCCC(C)NCC(CC(C)C)C(=O)O. The number of carboxylic acid groups (broad SMARTS) is 1. The molecule has 2 atom stereocenters. The van der Waals surface area contributed by atoms with Gasteiger partial charge in [-0.2, -0.15) is 0 Å². The van der Waals surface area contributed by atoms with E-state index in [1.807, 2.05) is 0 Å². The van der Waals surface area contributed by atoms with Gasteiger partial charge in [0.25, 0.3) is 0 Å². The Balaban J connectivity index is 3.90. The summed E-state index contributed by atoms with van der Waals surface area (Å²) in [6, 6.07) is 0.420. The van der Waals surface area contributed by atoms with E-state index in [9.17, 15) is 4.79 Å². The number of carbonyl (C=O) groups is 1. The van der Waals surface area contributed by atoms with Gasteiger partial charge in [-0.05, 0) is 25.7 Å². The van der Waals surface area contributed by atoms with Crippen LogP contribution in [0.1, 0.15) is 47.0 Å². The van der Waals surface area contributed by atoms with Crippen molar-refractivity contribution in [3.05, 3.63) is 0 Å². The lowest BCUT2D eigenvalue weighted by molar-refractivity contribution is -0.142. The molecule has 0 aromatic heterocycles. The largest absolute Gasteiger partial charge is 0.481 e. The molecule has 0 amide bonds. The fourth-order valence-electron chi connectivity index (χ4n) is 1.72. The molecular weight excluding hydrogens is 190 g/mol. The Morgan fingerprint density at radius 3 is 2.33 bits per heavy atom. The molecule has 0 aliphatic carbocycles. The number of carboxylic acids is 1. The fraction of sp³-hybridized carbons (Fsp3) is 0.917. The monoisotopic (exact) mass is 215 g/mol. The minimum atomic E-state index is -0.681. The average molecular weight is 215 g/mol. The lowest BCUT2D eigenvalue weighted by Gasteiger charge is -2.18. The first-order valence-corrected chi connectivity index (χ1v) is 5.93. The highest BCUT2D eigenvalue weighted by molar-refractivity contribution is 5.70. The van der Waals surface area contributed by atoms with Crippen LogP contribution in [-0.4, -0.2) is 23.7 Å². The molecule has 3 nitrogen and oxygen atoms in total. The van der Waals surface area contributed by atoms with Crippen molar-refractivity contribution in [2.45, 2.75) is 53.0 Å².